The minimum absolute atomic E-state index is 0.0662. The number of tetrazole rings is 1. The van der Waals surface area contributed by atoms with Crippen LogP contribution in [0.25, 0.3) is 10.9 Å². The third-order valence-electron chi connectivity index (χ3n) is 4.60. The predicted molar refractivity (Wildman–Crippen MR) is 97.5 cm³/mol. The molecule has 1 fully saturated rings. The standard InChI is InChI=1S/C18H21N7O/c1-23(12-14-10-15-6-2-3-7-16(15)19-11-14)17(26)13-25-21-18(20-22-25)24-8-4-5-9-24/h2-3,6-7,10-11H,4-5,8-9,12-13H2,1H3. The second kappa shape index (κ2) is 7.07. The van der Waals surface area contributed by atoms with Crippen LogP contribution >= 0.6 is 0 Å². The van der Waals surface area contributed by atoms with Crippen LogP contribution in [0.1, 0.15) is 18.4 Å². The summed E-state index contributed by atoms with van der Waals surface area (Å²) in [5.41, 5.74) is 1.94. The quantitative estimate of drug-likeness (QED) is 0.693. The summed E-state index contributed by atoms with van der Waals surface area (Å²) >= 11 is 0. The van der Waals surface area contributed by atoms with Crippen molar-refractivity contribution in [3.8, 4) is 0 Å². The lowest BCUT2D eigenvalue weighted by Gasteiger charge is -2.17. The Kier molecular flexibility index (Phi) is 4.47. The molecule has 0 spiro atoms. The highest BCUT2D eigenvalue weighted by atomic mass is 16.2. The fourth-order valence-corrected chi connectivity index (χ4v) is 3.15. The number of hydrogen-bond acceptors (Lipinski definition) is 6. The van der Waals surface area contributed by atoms with Crippen molar-refractivity contribution in [3.05, 3.63) is 42.1 Å². The topological polar surface area (TPSA) is 80.0 Å². The fraction of sp³-hybridized carbons (Fsp3) is 0.389. The van der Waals surface area contributed by atoms with E-state index in [9.17, 15) is 4.79 Å². The number of rotatable bonds is 5. The minimum Gasteiger partial charge on any atom is -0.340 e. The van der Waals surface area contributed by atoms with Gasteiger partial charge in [-0.15, -0.1) is 5.10 Å². The van der Waals surface area contributed by atoms with E-state index in [1.165, 1.54) is 4.80 Å². The number of para-hydroxylation sites is 1. The zero-order valence-corrected chi connectivity index (χ0v) is 14.7. The van der Waals surface area contributed by atoms with Gasteiger partial charge in [-0.1, -0.05) is 23.3 Å². The molecule has 0 unspecified atom stereocenters. The molecule has 0 aliphatic carbocycles. The molecule has 1 aliphatic rings. The van der Waals surface area contributed by atoms with Crippen molar-refractivity contribution in [2.45, 2.75) is 25.9 Å². The van der Waals surface area contributed by atoms with Crippen LogP contribution in [0.4, 0.5) is 5.95 Å². The van der Waals surface area contributed by atoms with Gasteiger partial charge in [-0.2, -0.15) is 4.80 Å². The summed E-state index contributed by atoms with van der Waals surface area (Å²) in [6.45, 7) is 2.48. The lowest BCUT2D eigenvalue weighted by molar-refractivity contribution is -0.131. The third-order valence-corrected chi connectivity index (χ3v) is 4.60. The zero-order chi connectivity index (χ0) is 17.9. The van der Waals surface area contributed by atoms with Gasteiger partial charge in [-0.3, -0.25) is 9.78 Å². The van der Waals surface area contributed by atoms with Gasteiger partial charge in [0.05, 0.1) is 5.52 Å². The molecule has 4 rings (SSSR count). The molecule has 1 saturated heterocycles. The molecule has 0 saturated carbocycles. The highest BCUT2D eigenvalue weighted by Crippen LogP contribution is 2.15. The molecule has 0 radical (unpaired) electrons. The lowest BCUT2D eigenvalue weighted by Crippen LogP contribution is -2.30. The van der Waals surface area contributed by atoms with Gasteiger partial charge in [0.15, 0.2) is 0 Å². The van der Waals surface area contributed by atoms with Gasteiger partial charge in [0.25, 0.3) is 5.95 Å². The smallest absolute Gasteiger partial charge is 0.266 e. The van der Waals surface area contributed by atoms with Crippen molar-refractivity contribution < 1.29 is 4.79 Å². The zero-order valence-electron chi connectivity index (χ0n) is 14.7. The summed E-state index contributed by atoms with van der Waals surface area (Å²) in [5.74, 6) is 0.542. The molecular weight excluding hydrogens is 330 g/mol. The molecule has 1 aromatic carbocycles. The maximum atomic E-state index is 12.5. The molecule has 8 nitrogen and oxygen atoms in total. The second-order valence-electron chi connectivity index (χ2n) is 6.60. The summed E-state index contributed by atoms with van der Waals surface area (Å²) in [4.78, 5) is 22.0. The van der Waals surface area contributed by atoms with Crippen LogP contribution in [0.2, 0.25) is 0 Å². The van der Waals surface area contributed by atoms with Crippen LogP contribution < -0.4 is 4.90 Å². The molecule has 1 amide bonds. The van der Waals surface area contributed by atoms with Crippen molar-refractivity contribution in [2.75, 3.05) is 25.0 Å². The van der Waals surface area contributed by atoms with Crippen molar-refractivity contribution in [1.82, 2.24) is 30.1 Å². The maximum absolute atomic E-state index is 12.5. The van der Waals surface area contributed by atoms with E-state index in [4.69, 9.17) is 0 Å². The molecule has 0 N–H and O–H groups in total. The van der Waals surface area contributed by atoms with Crippen LogP contribution in [-0.4, -0.2) is 56.1 Å². The van der Waals surface area contributed by atoms with Gasteiger partial charge in [-0.05, 0) is 35.8 Å². The van der Waals surface area contributed by atoms with E-state index < -0.39 is 0 Å². The first-order valence-corrected chi connectivity index (χ1v) is 8.79. The van der Waals surface area contributed by atoms with Gasteiger partial charge in [0, 0.05) is 38.3 Å². The normalized spacial score (nSPS) is 14.1. The number of hydrogen-bond donors (Lipinski definition) is 0. The summed E-state index contributed by atoms with van der Waals surface area (Å²) < 4.78 is 0. The number of carbonyl (C=O) groups excluding carboxylic acids is 1. The van der Waals surface area contributed by atoms with E-state index in [-0.39, 0.29) is 12.5 Å². The highest BCUT2D eigenvalue weighted by Gasteiger charge is 2.18. The summed E-state index contributed by atoms with van der Waals surface area (Å²) in [6.07, 6.45) is 4.11. The Bertz CT molecular complexity index is 917. The molecule has 0 bridgehead atoms. The molecule has 2 aromatic heterocycles. The van der Waals surface area contributed by atoms with E-state index >= 15 is 0 Å². The maximum Gasteiger partial charge on any atom is 0.266 e. The molecule has 3 aromatic rings. The van der Waals surface area contributed by atoms with Crippen LogP contribution in [-0.2, 0) is 17.9 Å². The fourth-order valence-electron chi connectivity index (χ4n) is 3.15. The lowest BCUT2D eigenvalue weighted by atomic mass is 10.1. The SMILES string of the molecule is CN(Cc1cnc2ccccc2c1)C(=O)Cn1nnc(N2CCCC2)n1. The molecule has 134 valence electrons. The largest absolute Gasteiger partial charge is 0.340 e. The molecule has 26 heavy (non-hydrogen) atoms. The first-order chi connectivity index (χ1) is 12.7. The second-order valence-corrected chi connectivity index (χ2v) is 6.60. The van der Waals surface area contributed by atoms with E-state index in [1.54, 1.807) is 11.9 Å². The van der Waals surface area contributed by atoms with Crippen molar-refractivity contribution in [2.24, 2.45) is 0 Å². The van der Waals surface area contributed by atoms with E-state index in [1.807, 2.05) is 30.5 Å². The molecule has 8 heteroatoms. The molecule has 0 atom stereocenters. The first-order valence-electron chi connectivity index (χ1n) is 8.79. The van der Waals surface area contributed by atoms with E-state index in [0.29, 0.717) is 12.5 Å². The van der Waals surface area contributed by atoms with Gasteiger partial charge in [0.1, 0.15) is 6.54 Å². The number of carbonyl (C=O) groups is 1. The highest BCUT2D eigenvalue weighted by molar-refractivity contribution is 5.79. The van der Waals surface area contributed by atoms with Gasteiger partial charge in [-0.25, -0.2) is 0 Å². The molecule has 1 aliphatic heterocycles. The number of aromatic nitrogens is 5. The average Bonchev–Trinajstić information content (AvgIpc) is 3.33. The monoisotopic (exact) mass is 351 g/mol. The van der Waals surface area contributed by atoms with Gasteiger partial charge < -0.3 is 9.80 Å². The Balaban J connectivity index is 1.39. The third kappa shape index (κ3) is 3.49. The van der Waals surface area contributed by atoms with Gasteiger partial charge >= 0.3 is 0 Å². The Hall–Kier alpha value is -3.03. The number of amides is 1. The van der Waals surface area contributed by atoms with E-state index in [2.05, 4.69) is 31.4 Å². The van der Waals surface area contributed by atoms with E-state index in [0.717, 1.165) is 42.4 Å². The minimum atomic E-state index is -0.0662. The van der Waals surface area contributed by atoms with Crippen molar-refractivity contribution >= 4 is 22.8 Å². The average molecular weight is 351 g/mol. The number of fused-ring (bicyclic) bond motifs is 1. The molecule has 3 heterocycles. The number of likely N-dealkylation sites (N-methyl/N-ethyl adjacent to an activating group) is 1. The number of benzene rings is 1. The Morgan fingerprint density at radius 3 is 2.88 bits per heavy atom. The van der Waals surface area contributed by atoms with Crippen LogP contribution in [0.15, 0.2) is 36.5 Å². The number of pyridine rings is 1. The van der Waals surface area contributed by atoms with Crippen molar-refractivity contribution in [3.63, 3.8) is 0 Å². The summed E-state index contributed by atoms with van der Waals surface area (Å²) in [6, 6.07) is 10.0. The van der Waals surface area contributed by atoms with Gasteiger partial charge in [0.2, 0.25) is 5.91 Å². The first kappa shape index (κ1) is 16.4. The predicted octanol–water partition coefficient (Wildman–Crippen LogP) is 1.48. The number of nitrogens with zero attached hydrogens (tertiary/aromatic N) is 7. The molecular formula is C18H21N7O. The Labute approximate surface area is 151 Å². The Morgan fingerprint density at radius 2 is 2.04 bits per heavy atom. The van der Waals surface area contributed by atoms with Crippen LogP contribution in [0.3, 0.4) is 0 Å². The van der Waals surface area contributed by atoms with Crippen LogP contribution in [0, 0.1) is 0 Å². The Morgan fingerprint density at radius 1 is 1.23 bits per heavy atom. The number of anilines is 1. The summed E-state index contributed by atoms with van der Waals surface area (Å²) in [7, 11) is 1.77. The van der Waals surface area contributed by atoms with Crippen LogP contribution in [0.5, 0.6) is 0 Å². The summed E-state index contributed by atoms with van der Waals surface area (Å²) in [5, 5.41) is 13.5. The van der Waals surface area contributed by atoms with Crippen molar-refractivity contribution in [1.29, 1.82) is 0 Å².